The first kappa shape index (κ1) is 20.2. The minimum Gasteiger partial charge on any atom is -0.338 e. The summed E-state index contributed by atoms with van der Waals surface area (Å²) in [6.45, 7) is 1.92. The van der Waals surface area contributed by atoms with Crippen molar-refractivity contribution in [1.82, 2.24) is 24.6 Å². The van der Waals surface area contributed by atoms with Crippen LogP contribution in [0.2, 0.25) is 0 Å². The zero-order valence-electron chi connectivity index (χ0n) is 17.4. The van der Waals surface area contributed by atoms with E-state index in [4.69, 9.17) is 0 Å². The lowest BCUT2D eigenvalue weighted by Crippen LogP contribution is -2.41. The summed E-state index contributed by atoms with van der Waals surface area (Å²) in [6, 6.07) is 5.56. The monoisotopic (exact) mass is 435 g/mol. The number of fused-ring (bicyclic) bond motifs is 1. The Hall–Kier alpha value is -3.75. The third-order valence-corrected chi connectivity index (χ3v) is 6.14. The highest BCUT2D eigenvalue weighted by molar-refractivity contribution is 5.97. The number of benzene rings is 1. The second-order valence-electron chi connectivity index (χ2n) is 8.12. The summed E-state index contributed by atoms with van der Waals surface area (Å²) in [4.78, 5) is 43.0. The zero-order valence-corrected chi connectivity index (χ0v) is 17.4. The van der Waals surface area contributed by atoms with Gasteiger partial charge in [0, 0.05) is 44.3 Å². The number of amides is 2. The van der Waals surface area contributed by atoms with Crippen molar-refractivity contribution in [3.8, 4) is 5.69 Å². The van der Waals surface area contributed by atoms with Crippen molar-refractivity contribution in [1.29, 1.82) is 0 Å². The lowest BCUT2D eigenvalue weighted by Gasteiger charge is -2.31. The molecule has 0 atom stereocenters. The molecule has 9 heteroatoms. The highest BCUT2D eigenvalue weighted by Crippen LogP contribution is 2.25. The fourth-order valence-electron chi connectivity index (χ4n) is 4.47. The van der Waals surface area contributed by atoms with Crippen LogP contribution in [0.5, 0.6) is 0 Å². The number of hydrogen-bond donors (Lipinski definition) is 1. The van der Waals surface area contributed by atoms with Gasteiger partial charge < -0.3 is 9.80 Å². The number of aromatic amines is 1. The van der Waals surface area contributed by atoms with E-state index in [0.717, 1.165) is 18.4 Å². The maximum atomic E-state index is 13.5. The molecule has 5 rings (SSSR count). The van der Waals surface area contributed by atoms with Crippen molar-refractivity contribution in [3.05, 3.63) is 81.3 Å². The average molecular weight is 435 g/mol. The van der Waals surface area contributed by atoms with E-state index in [2.05, 4.69) is 10.2 Å². The van der Waals surface area contributed by atoms with Gasteiger partial charge in [-0.1, -0.05) is 0 Å². The highest BCUT2D eigenvalue weighted by Gasteiger charge is 2.31. The molecule has 2 aromatic heterocycles. The van der Waals surface area contributed by atoms with Gasteiger partial charge in [-0.3, -0.25) is 24.0 Å². The first-order chi connectivity index (χ1) is 15.5. The number of carbonyl (C=O) groups is 2. The second kappa shape index (κ2) is 8.07. The second-order valence-corrected chi connectivity index (χ2v) is 8.12. The number of rotatable bonds is 3. The molecule has 0 saturated carbocycles. The van der Waals surface area contributed by atoms with Crippen LogP contribution in [-0.2, 0) is 13.0 Å². The minimum atomic E-state index is -0.415. The predicted molar refractivity (Wildman–Crippen MR) is 114 cm³/mol. The van der Waals surface area contributed by atoms with Gasteiger partial charge in [-0.15, -0.1) is 0 Å². The van der Waals surface area contributed by atoms with Crippen molar-refractivity contribution < 1.29 is 14.0 Å². The average Bonchev–Trinajstić information content (AvgIpc) is 3.53. The summed E-state index contributed by atoms with van der Waals surface area (Å²) >= 11 is 0. The number of nitrogens with one attached hydrogen (secondary N) is 1. The van der Waals surface area contributed by atoms with E-state index in [1.807, 2.05) is 0 Å². The number of nitrogens with zero attached hydrogens (tertiary/aromatic N) is 4. The molecule has 1 saturated heterocycles. The van der Waals surface area contributed by atoms with Gasteiger partial charge in [-0.05, 0) is 54.7 Å². The van der Waals surface area contributed by atoms with E-state index >= 15 is 0 Å². The maximum absolute atomic E-state index is 13.5. The van der Waals surface area contributed by atoms with Gasteiger partial charge in [0.1, 0.15) is 11.4 Å². The Morgan fingerprint density at radius 2 is 1.75 bits per heavy atom. The SMILES string of the molecule is O=C(c1cn[nH]c1)N1CCc2c(cn(-c3ccc(F)cc3)c(=O)c2C(=O)N2CCCC2)C1. The molecule has 1 N–H and O–H groups in total. The summed E-state index contributed by atoms with van der Waals surface area (Å²) in [6.07, 6.45) is 6.92. The Morgan fingerprint density at radius 1 is 1.00 bits per heavy atom. The number of H-pyrrole nitrogens is 1. The lowest BCUT2D eigenvalue weighted by atomic mass is 9.95. The molecule has 1 fully saturated rings. The van der Waals surface area contributed by atoms with E-state index in [-0.39, 0.29) is 23.9 Å². The van der Waals surface area contributed by atoms with Crippen molar-refractivity contribution in [2.24, 2.45) is 0 Å². The van der Waals surface area contributed by atoms with Crippen LogP contribution in [0.25, 0.3) is 5.69 Å². The summed E-state index contributed by atoms with van der Waals surface area (Å²) in [5, 5.41) is 6.48. The van der Waals surface area contributed by atoms with Crippen LogP contribution in [0.15, 0.2) is 47.7 Å². The molecule has 2 aliphatic rings. The first-order valence-corrected chi connectivity index (χ1v) is 10.6. The fraction of sp³-hybridized carbons (Fsp3) is 0.304. The standard InChI is InChI=1S/C23H22FN5O3/c24-17-3-5-18(6-4-17)29-14-16-13-28(21(30)15-11-25-26-12-15)10-7-19(16)20(23(29)32)22(31)27-8-1-2-9-27/h3-6,11-12,14H,1-2,7-10,13H2,(H,25,26). The summed E-state index contributed by atoms with van der Waals surface area (Å²) in [5.41, 5.74) is 2.09. The Morgan fingerprint density at radius 3 is 2.44 bits per heavy atom. The van der Waals surface area contributed by atoms with E-state index in [1.54, 1.807) is 22.2 Å². The normalized spacial score (nSPS) is 15.7. The van der Waals surface area contributed by atoms with Crippen molar-refractivity contribution in [2.75, 3.05) is 19.6 Å². The van der Waals surface area contributed by atoms with Crippen LogP contribution < -0.4 is 5.56 Å². The molecule has 0 unspecified atom stereocenters. The zero-order chi connectivity index (χ0) is 22.2. The number of pyridine rings is 1. The Balaban J connectivity index is 1.60. The van der Waals surface area contributed by atoms with Crippen molar-refractivity contribution in [3.63, 3.8) is 0 Å². The van der Waals surface area contributed by atoms with Crippen LogP contribution in [-0.4, -0.2) is 56.0 Å². The first-order valence-electron chi connectivity index (χ1n) is 10.6. The van der Waals surface area contributed by atoms with E-state index < -0.39 is 11.4 Å². The molecule has 0 aliphatic carbocycles. The number of halogens is 1. The smallest absolute Gasteiger partial charge is 0.268 e. The molecule has 1 aromatic carbocycles. The topological polar surface area (TPSA) is 91.3 Å². The molecule has 0 spiro atoms. The van der Waals surface area contributed by atoms with Crippen LogP contribution >= 0.6 is 0 Å². The molecular formula is C23H22FN5O3. The van der Waals surface area contributed by atoms with Gasteiger partial charge in [0.05, 0.1) is 11.8 Å². The Kier molecular flexibility index (Phi) is 5.08. The maximum Gasteiger partial charge on any atom is 0.268 e. The van der Waals surface area contributed by atoms with Crippen molar-refractivity contribution in [2.45, 2.75) is 25.8 Å². The number of carbonyl (C=O) groups excluding carboxylic acids is 2. The molecule has 0 bridgehead atoms. The fourth-order valence-corrected chi connectivity index (χ4v) is 4.47. The third kappa shape index (κ3) is 3.49. The number of likely N-dealkylation sites (tertiary alicyclic amines) is 1. The molecule has 0 radical (unpaired) electrons. The summed E-state index contributed by atoms with van der Waals surface area (Å²) in [5.74, 6) is -0.851. The largest absolute Gasteiger partial charge is 0.338 e. The summed E-state index contributed by atoms with van der Waals surface area (Å²) < 4.78 is 14.8. The van der Waals surface area contributed by atoms with Gasteiger partial charge in [0.25, 0.3) is 17.4 Å². The van der Waals surface area contributed by atoms with Gasteiger partial charge >= 0.3 is 0 Å². The van der Waals surface area contributed by atoms with E-state index in [1.165, 1.54) is 35.0 Å². The highest BCUT2D eigenvalue weighted by atomic mass is 19.1. The minimum absolute atomic E-state index is 0.157. The predicted octanol–water partition coefficient (Wildman–Crippen LogP) is 2.13. The van der Waals surface area contributed by atoms with Crippen LogP contribution in [0, 0.1) is 5.82 Å². The molecule has 3 aromatic rings. The molecule has 164 valence electrons. The van der Waals surface area contributed by atoms with Crippen LogP contribution in [0.3, 0.4) is 0 Å². The molecular weight excluding hydrogens is 413 g/mol. The number of hydrogen-bond acceptors (Lipinski definition) is 4. The molecule has 32 heavy (non-hydrogen) atoms. The van der Waals surface area contributed by atoms with Gasteiger partial charge in [0.2, 0.25) is 0 Å². The Bertz CT molecular complexity index is 1230. The Labute approximate surface area is 183 Å². The lowest BCUT2D eigenvalue weighted by molar-refractivity contribution is 0.0733. The van der Waals surface area contributed by atoms with Gasteiger partial charge in [-0.2, -0.15) is 5.10 Å². The molecule has 2 amide bonds. The summed E-state index contributed by atoms with van der Waals surface area (Å²) in [7, 11) is 0. The van der Waals surface area contributed by atoms with E-state index in [9.17, 15) is 18.8 Å². The quantitative estimate of drug-likeness (QED) is 0.682. The van der Waals surface area contributed by atoms with Crippen LogP contribution in [0.4, 0.5) is 4.39 Å². The van der Waals surface area contributed by atoms with Gasteiger partial charge in [0.15, 0.2) is 0 Å². The number of aromatic nitrogens is 3. The van der Waals surface area contributed by atoms with Crippen molar-refractivity contribution >= 4 is 11.8 Å². The molecule has 4 heterocycles. The van der Waals surface area contributed by atoms with E-state index in [0.29, 0.717) is 42.9 Å². The van der Waals surface area contributed by atoms with Crippen LogP contribution in [0.1, 0.15) is 44.7 Å². The third-order valence-electron chi connectivity index (χ3n) is 6.14. The molecule has 8 nitrogen and oxygen atoms in total. The van der Waals surface area contributed by atoms with Gasteiger partial charge in [-0.25, -0.2) is 4.39 Å². The molecule has 2 aliphatic heterocycles.